The number of rotatable bonds is 7. The molecule has 0 bridgehead atoms. The molecule has 1 atom stereocenters. The third kappa shape index (κ3) is 5.46. The predicted molar refractivity (Wildman–Crippen MR) is 116 cm³/mol. The Balaban J connectivity index is 1.53. The molecule has 146 valence electrons. The van der Waals surface area contributed by atoms with Crippen LogP contribution in [-0.4, -0.2) is 29.1 Å². The minimum atomic E-state index is 0.401. The number of nitrogens with one attached hydrogen (secondary N) is 2. The average Bonchev–Trinajstić information content (AvgIpc) is 3.15. The van der Waals surface area contributed by atoms with E-state index in [2.05, 4.69) is 87.6 Å². The first-order chi connectivity index (χ1) is 13.7. The molecule has 0 aliphatic rings. The summed E-state index contributed by atoms with van der Waals surface area (Å²) in [6.07, 6.45) is 3.86. The summed E-state index contributed by atoms with van der Waals surface area (Å²) in [5.74, 6) is 2.17. The number of aliphatic imine (C=N–C) groups is 1. The molecular weight excluding hydrogens is 346 g/mol. The fourth-order valence-corrected chi connectivity index (χ4v) is 3.16. The summed E-state index contributed by atoms with van der Waals surface area (Å²) < 4.78 is 2.16. The molecule has 3 aromatic rings. The minimum Gasteiger partial charge on any atom is -0.356 e. The minimum absolute atomic E-state index is 0.401. The van der Waals surface area contributed by atoms with Gasteiger partial charge in [-0.15, -0.1) is 0 Å². The van der Waals surface area contributed by atoms with Crippen LogP contribution in [-0.2, 0) is 13.1 Å². The van der Waals surface area contributed by atoms with E-state index in [1.165, 1.54) is 16.7 Å². The number of benzene rings is 2. The number of hydrogen-bond acceptors (Lipinski definition) is 2. The summed E-state index contributed by atoms with van der Waals surface area (Å²) in [7, 11) is 1.79. The Bertz CT molecular complexity index is 898. The van der Waals surface area contributed by atoms with Gasteiger partial charge in [-0.25, -0.2) is 4.98 Å². The van der Waals surface area contributed by atoms with E-state index in [0.717, 1.165) is 24.9 Å². The molecule has 0 aliphatic carbocycles. The summed E-state index contributed by atoms with van der Waals surface area (Å²) in [5, 5.41) is 6.79. The Labute approximate surface area is 167 Å². The molecule has 28 heavy (non-hydrogen) atoms. The van der Waals surface area contributed by atoms with Crippen LogP contribution in [0, 0.1) is 6.92 Å². The maximum atomic E-state index is 4.49. The van der Waals surface area contributed by atoms with Crippen LogP contribution in [0.1, 0.15) is 35.4 Å². The first-order valence-corrected chi connectivity index (χ1v) is 9.70. The van der Waals surface area contributed by atoms with Crippen molar-refractivity contribution in [3.05, 3.63) is 89.5 Å². The lowest BCUT2D eigenvalue weighted by atomic mass is 9.99. The predicted octanol–water partition coefficient (Wildman–Crippen LogP) is 3.71. The van der Waals surface area contributed by atoms with E-state index in [9.17, 15) is 0 Å². The van der Waals surface area contributed by atoms with Crippen LogP contribution >= 0.6 is 0 Å². The number of nitrogens with zero attached hydrogens (tertiary/aromatic N) is 3. The van der Waals surface area contributed by atoms with Crippen molar-refractivity contribution >= 4 is 5.96 Å². The topological polar surface area (TPSA) is 54.2 Å². The summed E-state index contributed by atoms with van der Waals surface area (Å²) in [6, 6.07) is 19.1. The van der Waals surface area contributed by atoms with Gasteiger partial charge in [0.1, 0.15) is 5.82 Å². The molecule has 0 amide bonds. The SMILES string of the molecule is CN=C(NCc1nccn1Cc1ccccc1)NCC(C)c1cccc(C)c1. The lowest BCUT2D eigenvalue weighted by molar-refractivity contribution is 0.669. The van der Waals surface area contributed by atoms with E-state index in [1.807, 2.05) is 18.5 Å². The van der Waals surface area contributed by atoms with Crippen LogP contribution in [0.15, 0.2) is 72.0 Å². The van der Waals surface area contributed by atoms with Crippen molar-refractivity contribution in [2.75, 3.05) is 13.6 Å². The van der Waals surface area contributed by atoms with Gasteiger partial charge in [0.2, 0.25) is 0 Å². The van der Waals surface area contributed by atoms with E-state index in [0.29, 0.717) is 12.5 Å². The molecule has 0 aliphatic heterocycles. The maximum Gasteiger partial charge on any atom is 0.191 e. The van der Waals surface area contributed by atoms with Crippen molar-refractivity contribution in [2.24, 2.45) is 4.99 Å². The van der Waals surface area contributed by atoms with E-state index in [-0.39, 0.29) is 0 Å². The molecule has 1 heterocycles. The largest absolute Gasteiger partial charge is 0.356 e. The average molecular weight is 376 g/mol. The van der Waals surface area contributed by atoms with Crippen LogP contribution in [0.4, 0.5) is 0 Å². The molecule has 2 N–H and O–H groups in total. The van der Waals surface area contributed by atoms with Gasteiger partial charge in [0.25, 0.3) is 0 Å². The van der Waals surface area contributed by atoms with Gasteiger partial charge < -0.3 is 15.2 Å². The molecule has 5 heteroatoms. The lowest BCUT2D eigenvalue weighted by Gasteiger charge is -2.17. The third-order valence-electron chi connectivity index (χ3n) is 4.82. The zero-order chi connectivity index (χ0) is 19.8. The van der Waals surface area contributed by atoms with Crippen LogP contribution < -0.4 is 10.6 Å². The van der Waals surface area contributed by atoms with Crippen molar-refractivity contribution in [3.8, 4) is 0 Å². The Hall–Kier alpha value is -3.08. The number of hydrogen-bond donors (Lipinski definition) is 2. The van der Waals surface area contributed by atoms with Gasteiger partial charge in [-0.3, -0.25) is 4.99 Å². The highest BCUT2D eigenvalue weighted by Gasteiger charge is 2.08. The van der Waals surface area contributed by atoms with E-state index in [1.54, 1.807) is 7.05 Å². The van der Waals surface area contributed by atoms with Crippen molar-refractivity contribution in [2.45, 2.75) is 32.9 Å². The third-order valence-corrected chi connectivity index (χ3v) is 4.82. The lowest BCUT2D eigenvalue weighted by Crippen LogP contribution is -2.39. The van der Waals surface area contributed by atoms with Gasteiger partial charge in [-0.1, -0.05) is 67.1 Å². The Morgan fingerprint density at radius 1 is 1.11 bits per heavy atom. The molecular formula is C23H29N5. The summed E-state index contributed by atoms with van der Waals surface area (Å²) in [5.41, 5.74) is 3.88. The van der Waals surface area contributed by atoms with E-state index < -0.39 is 0 Å². The summed E-state index contributed by atoms with van der Waals surface area (Å²) in [4.78, 5) is 8.83. The van der Waals surface area contributed by atoms with Crippen LogP contribution in [0.5, 0.6) is 0 Å². The first kappa shape index (κ1) is 19.7. The second-order valence-electron chi connectivity index (χ2n) is 7.08. The fourth-order valence-electron chi connectivity index (χ4n) is 3.16. The maximum absolute atomic E-state index is 4.49. The van der Waals surface area contributed by atoms with Gasteiger partial charge >= 0.3 is 0 Å². The van der Waals surface area contributed by atoms with Crippen LogP contribution in [0.2, 0.25) is 0 Å². The zero-order valence-corrected chi connectivity index (χ0v) is 16.9. The van der Waals surface area contributed by atoms with Crippen LogP contribution in [0.3, 0.4) is 0 Å². The van der Waals surface area contributed by atoms with Crippen LogP contribution in [0.25, 0.3) is 0 Å². The monoisotopic (exact) mass is 375 g/mol. The smallest absolute Gasteiger partial charge is 0.191 e. The Morgan fingerprint density at radius 3 is 2.68 bits per heavy atom. The molecule has 3 rings (SSSR count). The van der Waals surface area contributed by atoms with E-state index in [4.69, 9.17) is 0 Å². The summed E-state index contributed by atoms with van der Waals surface area (Å²) >= 11 is 0. The molecule has 0 radical (unpaired) electrons. The highest BCUT2D eigenvalue weighted by molar-refractivity contribution is 5.79. The quantitative estimate of drug-likeness (QED) is 0.489. The van der Waals surface area contributed by atoms with Gasteiger partial charge in [-0.05, 0) is 24.0 Å². The van der Waals surface area contributed by atoms with Crippen molar-refractivity contribution in [1.29, 1.82) is 0 Å². The number of guanidine groups is 1. The van der Waals surface area contributed by atoms with E-state index >= 15 is 0 Å². The molecule has 0 saturated carbocycles. The molecule has 1 unspecified atom stereocenters. The second kappa shape index (κ2) is 9.74. The van der Waals surface area contributed by atoms with Gasteiger partial charge in [0.15, 0.2) is 5.96 Å². The zero-order valence-electron chi connectivity index (χ0n) is 16.9. The van der Waals surface area contributed by atoms with Crippen molar-refractivity contribution in [3.63, 3.8) is 0 Å². The van der Waals surface area contributed by atoms with Gasteiger partial charge in [0.05, 0.1) is 6.54 Å². The van der Waals surface area contributed by atoms with Crippen molar-refractivity contribution < 1.29 is 0 Å². The van der Waals surface area contributed by atoms with Crippen molar-refractivity contribution in [1.82, 2.24) is 20.2 Å². The number of aromatic nitrogens is 2. The normalized spacial score (nSPS) is 12.6. The molecule has 0 saturated heterocycles. The molecule has 5 nitrogen and oxygen atoms in total. The Kier molecular flexibility index (Phi) is 6.84. The number of aryl methyl sites for hydroxylation is 1. The van der Waals surface area contributed by atoms with Gasteiger partial charge in [-0.2, -0.15) is 0 Å². The molecule has 0 fully saturated rings. The Morgan fingerprint density at radius 2 is 1.93 bits per heavy atom. The highest BCUT2D eigenvalue weighted by Crippen LogP contribution is 2.15. The standard InChI is InChI=1S/C23H29N5/c1-18-8-7-11-21(14-18)19(2)15-26-23(24-3)27-16-22-25-12-13-28(22)17-20-9-5-4-6-10-20/h4-14,19H,15-17H2,1-3H3,(H2,24,26,27). The molecule has 2 aromatic carbocycles. The molecule has 0 spiro atoms. The summed E-state index contributed by atoms with van der Waals surface area (Å²) in [6.45, 7) is 6.61. The highest BCUT2D eigenvalue weighted by atomic mass is 15.2. The second-order valence-corrected chi connectivity index (χ2v) is 7.08. The first-order valence-electron chi connectivity index (χ1n) is 9.70. The molecule has 1 aromatic heterocycles. The van der Waals surface area contributed by atoms with Gasteiger partial charge in [0, 0.05) is 32.5 Å². The number of imidazole rings is 1. The fraction of sp³-hybridized carbons (Fsp3) is 0.304.